The molecule has 1 N–H and O–H groups in total. The molecule has 10 heteroatoms. The molecule has 1 aromatic heterocycles. The maximum Gasteiger partial charge on any atom is 0.416 e. The lowest BCUT2D eigenvalue weighted by atomic mass is 10.2. The van der Waals surface area contributed by atoms with Gasteiger partial charge in [-0.05, 0) is 74.1 Å². The molecule has 1 heterocycles. The van der Waals surface area contributed by atoms with Crippen molar-refractivity contribution in [3.63, 3.8) is 0 Å². The van der Waals surface area contributed by atoms with Crippen LogP contribution in [0.5, 0.6) is 17.2 Å². The van der Waals surface area contributed by atoms with Crippen molar-refractivity contribution in [2.45, 2.75) is 26.4 Å². The molecule has 0 saturated heterocycles. The number of anilines is 2. The van der Waals surface area contributed by atoms with Crippen LogP contribution in [0.25, 0.3) is 10.9 Å². The Morgan fingerprint density at radius 1 is 0.947 bits per heavy atom. The molecular weight excluding hydrogens is 517 g/mol. The minimum Gasteiger partial charge on any atom is -0.494 e. The second kappa shape index (κ2) is 12.3. The third-order valence-corrected chi connectivity index (χ3v) is 6.27. The van der Waals surface area contributed by atoms with Crippen LogP contribution < -0.4 is 14.8 Å². The highest BCUT2D eigenvalue weighted by atomic mass is 35.5. The predicted octanol–water partition coefficient (Wildman–Crippen LogP) is 7.95. The lowest BCUT2D eigenvalue weighted by Gasteiger charge is -2.17. The molecular formula is C28H28ClF3N4O2. The first-order valence-electron chi connectivity index (χ1n) is 12.3. The van der Waals surface area contributed by atoms with Crippen molar-refractivity contribution < 1.29 is 22.6 Å². The third kappa shape index (κ3) is 7.05. The van der Waals surface area contributed by atoms with Crippen LogP contribution in [0.2, 0.25) is 5.02 Å². The zero-order chi connectivity index (χ0) is 27.1. The number of benzene rings is 3. The normalized spacial score (nSPS) is 11.7. The smallest absolute Gasteiger partial charge is 0.416 e. The summed E-state index contributed by atoms with van der Waals surface area (Å²) in [5.41, 5.74) is 0.567. The van der Waals surface area contributed by atoms with Crippen LogP contribution in [0.4, 0.5) is 24.7 Å². The molecule has 0 aliphatic carbocycles. The van der Waals surface area contributed by atoms with Crippen molar-refractivity contribution in [3.05, 3.63) is 77.6 Å². The lowest BCUT2D eigenvalue weighted by molar-refractivity contribution is -0.137. The average molecular weight is 545 g/mol. The van der Waals surface area contributed by atoms with Crippen LogP contribution in [0, 0.1) is 0 Å². The van der Waals surface area contributed by atoms with Gasteiger partial charge in [0.25, 0.3) is 0 Å². The number of hydrogen-bond donors (Lipinski definition) is 1. The number of fused-ring (bicyclic) bond motifs is 1. The number of nitrogens with zero attached hydrogens (tertiary/aromatic N) is 3. The number of hydrogen-bond acceptors (Lipinski definition) is 6. The first-order valence-corrected chi connectivity index (χ1v) is 12.7. The van der Waals surface area contributed by atoms with Crippen LogP contribution in [-0.2, 0) is 6.18 Å². The van der Waals surface area contributed by atoms with Crippen LogP contribution in [-0.4, -0.2) is 41.1 Å². The van der Waals surface area contributed by atoms with Crippen molar-refractivity contribution in [3.8, 4) is 17.2 Å². The standard InChI is InChI=1S/C28H28ClF3N4O2/c1-3-36(4-2)13-6-14-37-21-10-11-25-23(17-21)27(34-18-33-25)35-20-9-12-26(24(29)16-20)38-22-8-5-7-19(15-22)28(30,31)32/h5,7-12,15-18H,3-4,6,13-14H2,1-2H3,(H,33,34,35). The van der Waals surface area contributed by atoms with Crippen molar-refractivity contribution in [1.82, 2.24) is 14.9 Å². The van der Waals surface area contributed by atoms with Gasteiger partial charge < -0.3 is 19.7 Å². The fourth-order valence-corrected chi connectivity index (χ4v) is 4.12. The van der Waals surface area contributed by atoms with E-state index in [0.29, 0.717) is 18.1 Å². The van der Waals surface area contributed by atoms with Crippen LogP contribution in [0.3, 0.4) is 0 Å². The van der Waals surface area contributed by atoms with Crippen molar-refractivity contribution >= 4 is 34.0 Å². The third-order valence-electron chi connectivity index (χ3n) is 5.97. The van der Waals surface area contributed by atoms with Crippen molar-refractivity contribution in [2.75, 3.05) is 31.6 Å². The topological polar surface area (TPSA) is 59.5 Å². The second-order valence-corrected chi connectivity index (χ2v) is 8.94. The second-order valence-electron chi connectivity index (χ2n) is 8.53. The van der Waals surface area contributed by atoms with Crippen molar-refractivity contribution in [1.29, 1.82) is 0 Å². The monoisotopic (exact) mass is 544 g/mol. The highest BCUT2D eigenvalue weighted by molar-refractivity contribution is 6.32. The van der Waals surface area contributed by atoms with E-state index in [1.807, 2.05) is 18.2 Å². The highest BCUT2D eigenvalue weighted by Gasteiger charge is 2.30. The van der Waals surface area contributed by atoms with E-state index in [-0.39, 0.29) is 16.5 Å². The molecule has 0 radical (unpaired) electrons. The molecule has 38 heavy (non-hydrogen) atoms. The van der Waals surface area contributed by atoms with E-state index in [4.69, 9.17) is 21.1 Å². The van der Waals surface area contributed by atoms with Gasteiger partial charge in [-0.25, -0.2) is 9.97 Å². The van der Waals surface area contributed by atoms with Crippen LogP contribution in [0.1, 0.15) is 25.8 Å². The number of halogens is 4. The molecule has 0 fully saturated rings. The van der Waals surface area contributed by atoms with E-state index in [1.165, 1.54) is 18.5 Å². The van der Waals surface area contributed by atoms with Gasteiger partial charge in [-0.2, -0.15) is 13.2 Å². The molecule has 0 amide bonds. The summed E-state index contributed by atoms with van der Waals surface area (Å²) < 4.78 is 50.6. The first kappa shape index (κ1) is 27.5. The summed E-state index contributed by atoms with van der Waals surface area (Å²) in [6.45, 7) is 7.90. The van der Waals surface area contributed by atoms with E-state index < -0.39 is 11.7 Å². The molecule has 0 spiro atoms. The lowest BCUT2D eigenvalue weighted by Crippen LogP contribution is -2.25. The SMILES string of the molecule is CCN(CC)CCCOc1ccc2ncnc(Nc3ccc(Oc4cccc(C(F)(F)F)c4)c(Cl)c3)c2c1. The minimum absolute atomic E-state index is 0.0360. The van der Waals surface area contributed by atoms with Gasteiger partial charge in [-0.3, -0.25) is 0 Å². The summed E-state index contributed by atoms with van der Waals surface area (Å²) in [7, 11) is 0. The molecule has 0 aliphatic heterocycles. The average Bonchev–Trinajstić information content (AvgIpc) is 2.90. The summed E-state index contributed by atoms with van der Waals surface area (Å²) >= 11 is 6.39. The Balaban J connectivity index is 1.46. The Bertz CT molecular complexity index is 1380. The molecule has 3 aromatic carbocycles. The Morgan fingerprint density at radius 3 is 2.50 bits per heavy atom. The molecule has 0 saturated carbocycles. The molecule has 200 valence electrons. The first-order chi connectivity index (χ1) is 18.3. The number of aromatic nitrogens is 2. The number of ether oxygens (including phenoxy) is 2. The molecule has 0 atom stereocenters. The van der Waals surface area contributed by atoms with Crippen LogP contribution >= 0.6 is 11.6 Å². The van der Waals surface area contributed by atoms with E-state index >= 15 is 0 Å². The zero-order valence-electron chi connectivity index (χ0n) is 21.1. The van der Waals surface area contributed by atoms with Gasteiger partial charge in [0.1, 0.15) is 29.4 Å². The number of rotatable bonds is 11. The van der Waals surface area contributed by atoms with Gasteiger partial charge >= 0.3 is 6.18 Å². The van der Waals surface area contributed by atoms with E-state index in [9.17, 15) is 13.2 Å². The van der Waals surface area contributed by atoms with E-state index in [1.54, 1.807) is 18.2 Å². The quantitative estimate of drug-likeness (QED) is 0.193. The van der Waals surface area contributed by atoms with Crippen LogP contribution in [0.15, 0.2) is 67.0 Å². The van der Waals surface area contributed by atoms with E-state index in [2.05, 4.69) is 34.0 Å². The van der Waals surface area contributed by atoms with Gasteiger partial charge in [0.05, 0.1) is 22.7 Å². The fourth-order valence-electron chi connectivity index (χ4n) is 3.90. The maximum atomic E-state index is 13.0. The highest BCUT2D eigenvalue weighted by Crippen LogP contribution is 2.36. The summed E-state index contributed by atoms with van der Waals surface area (Å²) in [6.07, 6.45) is -2.08. The summed E-state index contributed by atoms with van der Waals surface area (Å²) in [4.78, 5) is 11.0. The Kier molecular flexibility index (Phi) is 8.91. The summed E-state index contributed by atoms with van der Waals surface area (Å²) in [5.74, 6) is 1.54. The molecule has 0 aliphatic rings. The fraction of sp³-hybridized carbons (Fsp3) is 0.286. The summed E-state index contributed by atoms with van der Waals surface area (Å²) in [5, 5.41) is 4.23. The maximum absolute atomic E-state index is 13.0. The van der Waals surface area contributed by atoms with Gasteiger partial charge in [0, 0.05) is 17.6 Å². The van der Waals surface area contributed by atoms with Gasteiger partial charge in [-0.15, -0.1) is 0 Å². The van der Waals surface area contributed by atoms with E-state index in [0.717, 1.165) is 54.8 Å². The Morgan fingerprint density at radius 2 is 1.76 bits per heavy atom. The molecule has 0 bridgehead atoms. The zero-order valence-corrected chi connectivity index (χ0v) is 21.8. The van der Waals surface area contributed by atoms with Crippen molar-refractivity contribution in [2.24, 2.45) is 0 Å². The minimum atomic E-state index is -4.46. The largest absolute Gasteiger partial charge is 0.494 e. The Labute approximate surface area is 224 Å². The molecule has 4 aromatic rings. The van der Waals surface area contributed by atoms with Gasteiger partial charge in [0.2, 0.25) is 0 Å². The van der Waals surface area contributed by atoms with Gasteiger partial charge in [-0.1, -0.05) is 31.5 Å². The van der Waals surface area contributed by atoms with Gasteiger partial charge in [0.15, 0.2) is 0 Å². The predicted molar refractivity (Wildman–Crippen MR) is 144 cm³/mol. The number of nitrogens with one attached hydrogen (secondary N) is 1. The summed E-state index contributed by atoms with van der Waals surface area (Å²) in [6, 6.07) is 15.2. The molecule has 0 unspecified atom stereocenters. The molecule has 6 nitrogen and oxygen atoms in total. The number of alkyl halides is 3. The molecule has 4 rings (SSSR count). The Hall–Kier alpha value is -3.56.